The SMILES string of the molecule is CC(C)COC(=O)N1CCCN(C(=O)CCc2nc(-c3ccco3)no2)CC1. The summed E-state index contributed by atoms with van der Waals surface area (Å²) in [7, 11) is 0. The molecule has 0 N–H and O–H groups in total. The fourth-order valence-corrected chi connectivity index (χ4v) is 2.91. The molecule has 0 unspecified atom stereocenters. The molecule has 1 fully saturated rings. The Bertz CT molecular complexity index is 771. The molecule has 1 aliphatic heterocycles. The average Bonchev–Trinajstić information content (AvgIpc) is 3.31. The van der Waals surface area contributed by atoms with Crippen molar-refractivity contribution in [2.75, 3.05) is 32.8 Å². The van der Waals surface area contributed by atoms with E-state index in [0.717, 1.165) is 6.42 Å². The highest BCUT2D eigenvalue weighted by Gasteiger charge is 2.23. The molecule has 2 aromatic heterocycles. The summed E-state index contributed by atoms with van der Waals surface area (Å²) in [6, 6.07) is 3.49. The highest BCUT2D eigenvalue weighted by Crippen LogP contribution is 2.16. The van der Waals surface area contributed by atoms with Crippen LogP contribution in [0.2, 0.25) is 0 Å². The van der Waals surface area contributed by atoms with Gasteiger partial charge in [0.05, 0.1) is 12.9 Å². The van der Waals surface area contributed by atoms with Crippen LogP contribution in [0, 0.1) is 5.92 Å². The molecule has 1 saturated heterocycles. The lowest BCUT2D eigenvalue weighted by Crippen LogP contribution is -2.38. The third kappa shape index (κ3) is 5.34. The van der Waals surface area contributed by atoms with Gasteiger partial charge in [0.1, 0.15) is 0 Å². The van der Waals surface area contributed by atoms with Gasteiger partial charge in [-0.05, 0) is 24.5 Å². The highest BCUT2D eigenvalue weighted by atomic mass is 16.6. The number of aryl methyl sites for hydroxylation is 1. The molecule has 2 amide bonds. The van der Waals surface area contributed by atoms with Crippen LogP contribution >= 0.6 is 0 Å². The van der Waals surface area contributed by atoms with E-state index in [0.29, 0.717) is 62.6 Å². The Morgan fingerprint density at radius 3 is 2.75 bits per heavy atom. The number of nitrogens with zero attached hydrogens (tertiary/aromatic N) is 4. The molecular weight excluding hydrogens is 364 g/mol. The molecule has 0 aliphatic carbocycles. The van der Waals surface area contributed by atoms with Gasteiger partial charge in [-0.2, -0.15) is 4.98 Å². The van der Waals surface area contributed by atoms with Crippen molar-refractivity contribution in [2.45, 2.75) is 33.1 Å². The van der Waals surface area contributed by atoms with Crippen molar-refractivity contribution in [3.05, 3.63) is 24.3 Å². The van der Waals surface area contributed by atoms with Crippen molar-refractivity contribution >= 4 is 12.0 Å². The standard InChI is InChI=1S/C19H26N4O5/c1-14(2)13-27-19(25)23-9-4-8-22(10-11-23)17(24)7-6-16-20-18(21-28-16)15-5-3-12-26-15/h3,5,12,14H,4,6-11,13H2,1-2H3. The molecule has 3 rings (SSSR count). The zero-order valence-electron chi connectivity index (χ0n) is 16.3. The number of aromatic nitrogens is 2. The van der Waals surface area contributed by atoms with Gasteiger partial charge in [0, 0.05) is 39.0 Å². The summed E-state index contributed by atoms with van der Waals surface area (Å²) in [5.41, 5.74) is 0. The fourth-order valence-electron chi connectivity index (χ4n) is 2.91. The zero-order valence-corrected chi connectivity index (χ0v) is 16.3. The first-order valence-electron chi connectivity index (χ1n) is 9.59. The second-order valence-electron chi connectivity index (χ2n) is 7.18. The molecule has 0 saturated carbocycles. The normalized spacial score (nSPS) is 15.0. The van der Waals surface area contributed by atoms with E-state index in [1.54, 1.807) is 21.9 Å². The van der Waals surface area contributed by atoms with Crippen LogP contribution in [-0.4, -0.2) is 64.7 Å². The van der Waals surface area contributed by atoms with Gasteiger partial charge in [0.25, 0.3) is 0 Å². The molecule has 0 atom stereocenters. The average molecular weight is 390 g/mol. The van der Waals surface area contributed by atoms with Crippen LogP contribution in [0.5, 0.6) is 0 Å². The van der Waals surface area contributed by atoms with Gasteiger partial charge in [0.15, 0.2) is 5.76 Å². The number of ether oxygens (including phenoxy) is 1. The molecule has 3 heterocycles. The summed E-state index contributed by atoms with van der Waals surface area (Å²) >= 11 is 0. The number of carbonyl (C=O) groups is 2. The smallest absolute Gasteiger partial charge is 0.409 e. The van der Waals surface area contributed by atoms with Crippen LogP contribution in [0.25, 0.3) is 11.6 Å². The predicted molar refractivity (Wildman–Crippen MR) is 99.3 cm³/mol. The van der Waals surface area contributed by atoms with E-state index >= 15 is 0 Å². The maximum atomic E-state index is 12.5. The fraction of sp³-hybridized carbons (Fsp3) is 0.579. The maximum absolute atomic E-state index is 12.5. The summed E-state index contributed by atoms with van der Waals surface area (Å²) in [5.74, 6) is 1.60. The third-order valence-electron chi connectivity index (χ3n) is 4.41. The van der Waals surface area contributed by atoms with E-state index in [2.05, 4.69) is 10.1 Å². The first kappa shape index (κ1) is 19.9. The Labute approximate surface area is 163 Å². The topological polar surface area (TPSA) is 102 Å². The highest BCUT2D eigenvalue weighted by molar-refractivity contribution is 5.76. The predicted octanol–water partition coefficient (Wildman–Crippen LogP) is 2.59. The van der Waals surface area contributed by atoms with Crippen LogP contribution in [0.15, 0.2) is 27.3 Å². The van der Waals surface area contributed by atoms with Crippen molar-refractivity contribution in [1.82, 2.24) is 19.9 Å². The quantitative estimate of drug-likeness (QED) is 0.747. The van der Waals surface area contributed by atoms with Crippen LogP contribution < -0.4 is 0 Å². The monoisotopic (exact) mass is 390 g/mol. The summed E-state index contributed by atoms with van der Waals surface area (Å²) in [4.78, 5) is 32.3. The Morgan fingerprint density at radius 2 is 2.00 bits per heavy atom. The van der Waals surface area contributed by atoms with Gasteiger partial charge in [-0.1, -0.05) is 19.0 Å². The Hall–Kier alpha value is -2.84. The van der Waals surface area contributed by atoms with Gasteiger partial charge < -0.3 is 23.5 Å². The largest absolute Gasteiger partial charge is 0.461 e. The molecular formula is C19H26N4O5. The minimum Gasteiger partial charge on any atom is -0.461 e. The van der Waals surface area contributed by atoms with Crippen molar-refractivity contribution in [1.29, 1.82) is 0 Å². The second kappa shape index (κ2) is 9.38. The van der Waals surface area contributed by atoms with Crippen LogP contribution in [-0.2, 0) is 16.0 Å². The third-order valence-corrected chi connectivity index (χ3v) is 4.41. The van der Waals surface area contributed by atoms with E-state index in [9.17, 15) is 9.59 Å². The zero-order chi connectivity index (χ0) is 19.9. The lowest BCUT2D eigenvalue weighted by atomic mass is 10.2. The van der Waals surface area contributed by atoms with Crippen molar-refractivity contribution in [3.8, 4) is 11.6 Å². The molecule has 152 valence electrons. The Kier molecular flexibility index (Phi) is 6.67. The first-order chi connectivity index (χ1) is 13.5. The van der Waals surface area contributed by atoms with E-state index in [1.807, 2.05) is 13.8 Å². The van der Waals surface area contributed by atoms with E-state index in [-0.39, 0.29) is 18.4 Å². The van der Waals surface area contributed by atoms with Crippen molar-refractivity contribution in [2.24, 2.45) is 5.92 Å². The molecule has 2 aromatic rings. The molecule has 0 radical (unpaired) electrons. The van der Waals surface area contributed by atoms with E-state index < -0.39 is 0 Å². The summed E-state index contributed by atoms with van der Waals surface area (Å²) in [6.07, 6.45) is 2.60. The van der Waals surface area contributed by atoms with E-state index in [4.69, 9.17) is 13.7 Å². The Balaban J connectivity index is 1.45. The van der Waals surface area contributed by atoms with Gasteiger partial charge in [-0.25, -0.2) is 4.79 Å². The summed E-state index contributed by atoms with van der Waals surface area (Å²) < 4.78 is 15.7. The van der Waals surface area contributed by atoms with Crippen LogP contribution in [0.4, 0.5) is 4.79 Å². The van der Waals surface area contributed by atoms with E-state index in [1.165, 1.54) is 6.26 Å². The molecule has 28 heavy (non-hydrogen) atoms. The molecule has 0 bridgehead atoms. The molecule has 9 heteroatoms. The number of hydrogen-bond donors (Lipinski definition) is 0. The van der Waals surface area contributed by atoms with Crippen molar-refractivity contribution < 1.29 is 23.3 Å². The number of carbonyl (C=O) groups excluding carboxylic acids is 2. The molecule has 0 aromatic carbocycles. The van der Waals surface area contributed by atoms with Gasteiger partial charge >= 0.3 is 6.09 Å². The van der Waals surface area contributed by atoms with Crippen LogP contribution in [0.1, 0.15) is 32.6 Å². The molecule has 1 aliphatic rings. The lowest BCUT2D eigenvalue weighted by molar-refractivity contribution is -0.131. The van der Waals surface area contributed by atoms with Gasteiger partial charge in [-0.3, -0.25) is 4.79 Å². The summed E-state index contributed by atoms with van der Waals surface area (Å²) in [6.45, 7) is 6.59. The van der Waals surface area contributed by atoms with Crippen molar-refractivity contribution in [3.63, 3.8) is 0 Å². The number of rotatable bonds is 6. The molecule has 0 spiro atoms. The second-order valence-corrected chi connectivity index (χ2v) is 7.18. The number of hydrogen-bond acceptors (Lipinski definition) is 7. The minimum atomic E-state index is -0.306. The van der Waals surface area contributed by atoms with Crippen LogP contribution in [0.3, 0.4) is 0 Å². The first-order valence-corrected chi connectivity index (χ1v) is 9.59. The summed E-state index contributed by atoms with van der Waals surface area (Å²) in [5, 5.41) is 3.86. The number of furan rings is 1. The number of amides is 2. The van der Waals surface area contributed by atoms with Gasteiger partial charge in [-0.15, -0.1) is 0 Å². The Morgan fingerprint density at radius 1 is 1.21 bits per heavy atom. The minimum absolute atomic E-state index is 0.00939. The maximum Gasteiger partial charge on any atom is 0.409 e. The molecule has 9 nitrogen and oxygen atoms in total. The lowest BCUT2D eigenvalue weighted by Gasteiger charge is -2.22. The van der Waals surface area contributed by atoms with Gasteiger partial charge in [0.2, 0.25) is 17.6 Å².